The number of amides is 1. The predicted octanol–water partition coefficient (Wildman–Crippen LogP) is 2.76. The number of carbonyl (C=O) groups excluding carboxylic acids is 1. The second-order valence-corrected chi connectivity index (χ2v) is 4.54. The zero-order valence-electron chi connectivity index (χ0n) is 11.7. The first-order valence-electron chi connectivity index (χ1n) is 6.53. The van der Waals surface area contributed by atoms with Crippen LogP contribution in [0.5, 0.6) is 0 Å². The van der Waals surface area contributed by atoms with Gasteiger partial charge in [0.2, 0.25) is 0 Å². The van der Waals surface area contributed by atoms with Gasteiger partial charge in [-0.25, -0.2) is 4.79 Å². The minimum absolute atomic E-state index is 0.276. The van der Waals surface area contributed by atoms with Gasteiger partial charge in [-0.2, -0.15) is 0 Å². The van der Waals surface area contributed by atoms with E-state index in [4.69, 9.17) is 9.26 Å². The normalized spacial score (nSPS) is 10.3. The van der Waals surface area contributed by atoms with Crippen LogP contribution in [0, 0.1) is 13.8 Å². The van der Waals surface area contributed by atoms with E-state index >= 15 is 0 Å². The highest BCUT2D eigenvalue weighted by Crippen LogP contribution is 2.12. The Kier molecular flexibility index (Phi) is 4.76. The quantitative estimate of drug-likeness (QED) is 0.910. The molecule has 0 saturated carbocycles. The predicted molar refractivity (Wildman–Crippen MR) is 74.3 cm³/mol. The van der Waals surface area contributed by atoms with Crippen molar-refractivity contribution in [3.05, 3.63) is 52.9 Å². The first-order chi connectivity index (χ1) is 9.66. The van der Waals surface area contributed by atoms with Gasteiger partial charge in [0, 0.05) is 12.1 Å². The molecule has 0 bridgehead atoms. The van der Waals surface area contributed by atoms with E-state index in [0.29, 0.717) is 13.0 Å². The van der Waals surface area contributed by atoms with Crippen molar-refractivity contribution in [3.8, 4) is 0 Å². The lowest BCUT2D eigenvalue weighted by Gasteiger charge is -2.07. The van der Waals surface area contributed by atoms with Crippen molar-refractivity contribution in [2.45, 2.75) is 26.9 Å². The minimum atomic E-state index is -0.416. The smallest absolute Gasteiger partial charge is 0.407 e. The van der Waals surface area contributed by atoms with Gasteiger partial charge in [-0.3, -0.25) is 0 Å². The number of carbonyl (C=O) groups is 1. The summed E-state index contributed by atoms with van der Waals surface area (Å²) in [5.74, 6) is 0.793. The number of aromatic nitrogens is 1. The fraction of sp³-hybridized carbons (Fsp3) is 0.333. The molecule has 0 saturated heterocycles. The highest BCUT2D eigenvalue weighted by molar-refractivity contribution is 5.67. The number of nitrogens with one attached hydrogen (secondary N) is 1. The van der Waals surface area contributed by atoms with Gasteiger partial charge in [-0.05, 0) is 25.8 Å². The van der Waals surface area contributed by atoms with E-state index in [1.54, 1.807) is 0 Å². The molecule has 20 heavy (non-hydrogen) atoms. The second kappa shape index (κ2) is 6.75. The average Bonchev–Trinajstić information content (AvgIpc) is 2.78. The highest BCUT2D eigenvalue weighted by atomic mass is 16.5. The number of ether oxygens (including phenoxy) is 1. The maximum Gasteiger partial charge on any atom is 0.407 e. The fourth-order valence-corrected chi connectivity index (χ4v) is 1.92. The van der Waals surface area contributed by atoms with E-state index < -0.39 is 6.09 Å². The molecule has 0 aliphatic carbocycles. The largest absolute Gasteiger partial charge is 0.445 e. The summed E-state index contributed by atoms with van der Waals surface area (Å²) in [6, 6.07) is 9.57. The Labute approximate surface area is 117 Å². The number of benzene rings is 1. The van der Waals surface area contributed by atoms with Gasteiger partial charge < -0.3 is 14.6 Å². The van der Waals surface area contributed by atoms with Crippen molar-refractivity contribution in [2.24, 2.45) is 0 Å². The van der Waals surface area contributed by atoms with Gasteiger partial charge in [0.15, 0.2) is 0 Å². The monoisotopic (exact) mass is 274 g/mol. The first-order valence-corrected chi connectivity index (χ1v) is 6.53. The Morgan fingerprint density at radius 1 is 1.30 bits per heavy atom. The van der Waals surface area contributed by atoms with E-state index in [9.17, 15) is 4.79 Å². The molecule has 1 heterocycles. The van der Waals surface area contributed by atoms with Crippen molar-refractivity contribution in [3.63, 3.8) is 0 Å². The summed E-state index contributed by atoms with van der Waals surface area (Å²) in [7, 11) is 0. The third kappa shape index (κ3) is 3.85. The lowest BCUT2D eigenvalue weighted by Crippen LogP contribution is -2.26. The second-order valence-electron chi connectivity index (χ2n) is 4.54. The van der Waals surface area contributed by atoms with Crippen LogP contribution in [0.4, 0.5) is 4.79 Å². The lowest BCUT2D eigenvalue weighted by molar-refractivity contribution is 0.140. The Morgan fingerprint density at radius 2 is 2.05 bits per heavy atom. The summed E-state index contributed by atoms with van der Waals surface area (Å²) in [5.41, 5.74) is 2.86. The Hall–Kier alpha value is -2.30. The molecule has 5 heteroatoms. The Bertz CT molecular complexity index is 544. The molecule has 1 aromatic carbocycles. The molecular weight excluding hydrogens is 256 g/mol. The van der Waals surface area contributed by atoms with Gasteiger partial charge in [0.05, 0.1) is 5.69 Å². The van der Waals surface area contributed by atoms with Gasteiger partial charge in [0.25, 0.3) is 0 Å². The number of rotatable bonds is 5. The van der Waals surface area contributed by atoms with Gasteiger partial charge in [0.1, 0.15) is 12.4 Å². The van der Waals surface area contributed by atoms with Crippen molar-refractivity contribution in [2.75, 3.05) is 6.54 Å². The van der Waals surface area contributed by atoms with E-state index in [1.165, 1.54) is 0 Å². The van der Waals surface area contributed by atoms with Crippen LogP contribution in [0.1, 0.15) is 22.6 Å². The van der Waals surface area contributed by atoms with Gasteiger partial charge in [-0.15, -0.1) is 0 Å². The summed E-state index contributed by atoms with van der Waals surface area (Å²) >= 11 is 0. The number of hydrogen-bond acceptors (Lipinski definition) is 4. The molecule has 0 atom stereocenters. The summed E-state index contributed by atoms with van der Waals surface area (Å²) in [6.45, 7) is 4.52. The molecule has 2 aromatic rings. The number of alkyl carbamates (subject to hydrolysis) is 1. The van der Waals surface area contributed by atoms with Crippen molar-refractivity contribution >= 4 is 6.09 Å². The van der Waals surface area contributed by atoms with E-state index in [2.05, 4.69) is 10.5 Å². The van der Waals surface area contributed by atoms with Crippen molar-refractivity contribution in [1.82, 2.24) is 10.5 Å². The Balaban J connectivity index is 1.71. The standard InChI is InChI=1S/C15H18N2O3/c1-11-14(12(2)20-17-11)8-9-16-15(18)19-10-13-6-4-3-5-7-13/h3-7H,8-10H2,1-2H3,(H,16,18). The molecule has 0 spiro atoms. The van der Waals surface area contributed by atoms with E-state index in [0.717, 1.165) is 22.6 Å². The fourth-order valence-electron chi connectivity index (χ4n) is 1.92. The minimum Gasteiger partial charge on any atom is -0.445 e. The van der Waals surface area contributed by atoms with Gasteiger partial charge >= 0.3 is 6.09 Å². The number of hydrogen-bond donors (Lipinski definition) is 1. The van der Waals surface area contributed by atoms with Crippen LogP contribution >= 0.6 is 0 Å². The van der Waals surface area contributed by atoms with Crippen LogP contribution in [-0.2, 0) is 17.8 Å². The molecule has 1 aromatic heterocycles. The molecule has 2 rings (SSSR count). The summed E-state index contributed by atoms with van der Waals surface area (Å²) in [4.78, 5) is 11.5. The zero-order valence-corrected chi connectivity index (χ0v) is 11.7. The van der Waals surface area contributed by atoms with E-state index in [1.807, 2.05) is 44.2 Å². The maximum absolute atomic E-state index is 11.5. The molecule has 5 nitrogen and oxygen atoms in total. The van der Waals surface area contributed by atoms with Crippen LogP contribution in [0.3, 0.4) is 0 Å². The zero-order chi connectivity index (χ0) is 14.4. The SMILES string of the molecule is Cc1noc(C)c1CCNC(=O)OCc1ccccc1. The topological polar surface area (TPSA) is 64.4 Å². The van der Waals surface area contributed by atoms with E-state index in [-0.39, 0.29) is 6.61 Å². The lowest BCUT2D eigenvalue weighted by atomic mass is 10.1. The molecule has 1 amide bonds. The molecule has 0 aliphatic rings. The van der Waals surface area contributed by atoms with Crippen LogP contribution < -0.4 is 5.32 Å². The number of aryl methyl sites for hydroxylation is 2. The van der Waals surface area contributed by atoms with Crippen molar-refractivity contribution < 1.29 is 14.1 Å². The summed E-state index contributed by atoms with van der Waals surface area (Å²) in [5, 5.41) is 6.59. The van der Waals surface area contributed by atoms with Crippen molar-refractivity contribution in [1.29, 1.82) is 0 Å². The van der Waals surface area contributed by atoms with Crippen LogP contribution in [0.15, 0.2) is 34.9 Å². The summed E-state index contributed by atoms with van der Waals surface area (Å²) in [6.07, 6.45) is 0.266. The molecule has 1 N–H and O–H groups in total. The average molecular weight is 274 g/mol. The highest BCUT2D eigenvalue weighted by Gasteiger charge is 2.09. The third-order valence-electron chi connectivity index (χ3n) is 3.04. The molecule has 106 valence electrons. The third-order valence-corrected chi connectivity index (χ3v) is 3.04. The molecular formula is C15H18N2O3. The number of nitrogens with zero attached hydrogens (tertiary/aromatic N) is 1. The molecule has 0 radical (unpaired) electrons. The molecule has 0 unspecified atom stereocenters. The first kappa shape index (κ1) is 14.1. The Morgan fingerprint density at radius 3 is 2.70 bits per heavy atom. The van der Waals surface area contributed by atoms with Crippen LogP contribution in [0.2, 0.25) is 0 Å². The van der Waals surface area contributed by atoms with Crippen LogP contribution in [0.25, 0.3) is 0 Å². The molecule has 0 fully saturated rings. The van der Waals surface area contributed by atoms with Gasteiger partial charge in [-0.1, -0.05) is 35.5 Å². The summed E-state index contributed by atoms with van der Waals surface area (Å²) < 4.78 is 10.2. The molecule has 0 aliphatic heterocycles. The maximum atomic E-state index is 11.5. The van der Waals surface area contributed by atoms with Crippen LogP contribution in [-0.4, -0.2) is 17.8 Å².